The number of benzene rings is 1. The number of allylic oxidation sites excluding steroid dienone is 1. The van der Waals surface area contributed by atoms with E-state index in [1.165, 1.54) is 25.7 Å². The Morgan fingerprint density at radius 2 is 2.05 bits per heavy atom. The summed E-state index contributed by atoms with van der Waals surface area (Å²) in [6.07, 6.45) is 9.24. The minimum Gasteiger partial charge on any atom is -0.310 e. The maximum Gasteiger partial charge on any atom is 0.178 e. The van der Waals surface area contributed by atoms with E-state index < -0.39 is 9.84 Å². The Labute approximate surface area is 127 Å². The molecule has 1 N–H and O–H groups in total. The van der Waals surface area contributed by atoms with E-state index in [0.29, 0.717) is 11.3 Å². The molecular formula is C17H23NO2S. The highest BCUT2D eigenvalue weighted by Crippen LogP contribution is 2.32. The number of fused-ring (bicyclic) bond motifs is 1. The zero-order valence-corrected chi connectivity index (χ0v) is 13.2. The third-order valence-electron chi connectivity index (χ3n) is 4.53. The lowest BCUT2D eigenvalue weighted by Gasteiger charge is -2.26. The van der Waals surface area contributed by atoms with Crippen molar-refractivity contribution in [1.82, 2.24) is 5.32 Å². The number of sulfone groups is 1. The van der Waals surface area contributed by atoms with Gasteiger partial charge in [0, 0.05) is 6.04 Å². The van der Waals surface area contributed by atoms with Crippen molar-refractivity contribution in [2.75, 3.05) is 12.3 Å². The maximum absolute atomic E-state index is 12.1. The van der Waals surface area contributed by atoms with E-state index in [4.69, 9.17) is 0 Å². The van der Waals surface area contributed by atoms with Crippen LogP contribution in [0.1, 0.15) is 50.1 Å². The van der Waals surface area contributed by atoms with E-state index in [0.717, 1.165) is 18.5 Å². The van der Waals surface area contributed by atoms with Gasteiger partial charge in [-0.2, -0.15) is 0 Å². The Bertz CT molecular complexity index is 634. The van der Waals surface area contributed by atoms with E-state index in [1.807, 2.05) is 18.2 Å². The SMILES string of the molecule is O=S1(=O)CCC(NCCC2=CCCCC2)c2ccccc21. The first kappa shape index (κ1) is 14.8. The first-order valence-electron chi connectivity index (χ1n) is 7.90. The molecular weight excluding hydrogens is 282 g/mol. The van der Waals surface area contributed by atoms with Crippen molar-refractivity contribution in [3.8, 4) is 0 Å². The van der Waals surface area contributed by atoms with Crippen LogP contribution in [0.15, 0.2) is 40.8 Å². The molecule has 3 nitrogen and oxygen atoms in total. The third kappa shape index (κ3) is 3.38. The summed E-state index contributed by atoms with van der Waals surface area (Å²) >= 11 is 0. The fourth-order valence-electron chi connectivity index (χ4n) is 3.34. The van der Waals surface area contributed by atoms with Gasteiger partial charge in [0.2, 0.25) is 0 Å². The normalized spacial score (nSPS) is 24.2. The molecule has 0 amide bonds. The summed E-state index contributed by atoms with van der Waals surface area (Å²) in [7, 11) is -3.07. The highest BCUT2D eigenvalue weighted by molar-refractivity contribution is 7.91. The second-order valence-electron chi connectivity index (χ2n) is 6.01. The third-order valence-corrected chi connectivity index (χ3v) is 6.34. The molecule has 114 valence electrons. The fraction of sp³-hybridized carbons (Fsp3) is 0.529. The highest BCUT2D eigenvalue weighted by Gasteiger charge is 2.29. The van der Waals surface area contributed by atoms with Crippen LogP contribution in [0.3, 0.4) is 0 Å². The van der Waals surface area contributed by atoms with E-state index in [9.17, 15) is 8.42 Å². The monoisotopic (exact) mass is 305 g/mol. The van der Waals surface area contributed by atoms with Crippen molar-refractivity contribution in [2.24, 2.45) is 0 Å². The van der Waals surface area contributed by atoms with Gasteiger partial charge in [0.25, 0.3) is 0 Å². The van der Waals surface area contributed by atoms with Crippen molar-refractivity contribution in [3.05, 3.63) is 41.5 Å². The molecule has 0 aromatic heterocycles. The van der Waals surface area contributed by atoms with Crippen LogP contribution in [0, 0.1) is 0 Å². The van der Waals surface area contributed by atoms with Crippen LogP contribution in [-0.2, 0) is 9.84 Å². The topological polar surface area (TPSA) is 46.2 Å². The van der Waals surface area contributed by atoms with E-state index in [1.54, 1.807) is 11.6 Å². The summed E-state index contributed by atoms with van der Waals surface area (Å²) in [5.41, 5.74) is 2.51. The van der Waals surface area contributed by atoms with Gasteiger partial charge in [-0.3, -0.25) is 0 Å². The average Bonchev–Trinajstić information content (AvgIpc) is 2.51. The van der Waals surface area contributed by atoms with Gasteiger partial charge in [-0.05, 0) is 56.7 Å². The summed E-state index contributed by atoms with van der Waals surface area (Å²) in [4.78, 5) is 0.519. The second-order valence-corrected chi connectivity index (χ2v) is 8.09. The molecule has 1 unspecified atom stereocenters. The summed E-state index contributed by atoms with van der Waals surface area (Å²) < 4.78 is 24.2. The van der Waals surface area contributed by atoms with Gasteiger partial charge < -0.3 is 5.32 Å². The Morgan fingerprint density at radius 1 is 1.19 bits per heavy atom. The van der Waals surface area contributed by atoms with Crippen LogP contribution in [-0.4, -0.2) is 20.7 Å². The minimum atomic E-state index is -3.07. The van der Waals surface area contributed by atoms with Crippen LogP contribution >= 0.6 is 0 Å². The molecule has 0 saturated heterocycles. The van der Waals surface area contributed by atoms with Crippen molar-refractivity contribution in [2.45, 2.75) is 49.5 Å². The largest absolute Gasteiger partial charge is 0.310 e. The van der Waals surface area contributed by atoms with Crippen LogP contribution in [0.25, 0.3) is 0 Å². The minimum absolute atomic E-state index is 0.175. The Kier molecular flexibility index (Phi) is 4.45. The van der Waals surface area contributed by atoms with Gasteiger partial charge in [0.15, 0.2) is 9.84 Å². The molecule has 0 saturated carbocycles. The summed E-state index contributed by atoms with van der Waals surface area (Å²) in [6.45, 7) is 0.935. The smallest absolute Gasteiger partial charge is 0.178 e. The van der Waals surface area contributed by atoms with Gasteiger partial charge in [0.1, 0.15) is 0 Å². The second kappa shape index (κ2) is 6.32. The molecule has 0 radical (unpaired) electrons. The predicted octanol–water partition coefficient (Wildman–Crippen LogP) is 3.39. The van der Waals surface area contributed by atoms with Gasteiger partial charge in [-0.25, -0.2) is 8.42 Å². The molecule has 1 aromatic carbocycles. The van der Waals surface area contributed by atoms with Crippen molar-refractivity contribution < 1.29 is 8.42 Å². The first-order chi connectivity index (χ1) is 10.2. The molecule has 0 spiro atoms. The summed E-state index contributed by atoms with van der Waals surface area (Å²) in [5, 5.41) is 3.56. The van der Waals surface area contributed by atoms with Crippen LogP contribution in [0.5, 0.6) is 0 Å². The molecule has 1 aromatic rings. The zero-order valence-electron chi connectivity index (χ0n) is 12.3. The lowest BCUT2D eigenvalue weighted by Crippen LogP contribution is -2.30. The average molecular weight is 305 g/mol. The summed E-state index contributed by atoms with van der Waals surface area (Å²) in [5.74, 6) is 0.254. The molecule has 21 heavy (non-hydrogen) atoms. The number of rotatable bonds is 4. The molecule has 1 aliphatic carbocycles. The van der Waals surface area contributed by atoms with Crippen LogP contribution in [0.2, 0.25) is 0 Å². The quantitative estimate of drug-likeness (QED) is 0.867. The fourth-order valence-corrected chi connectivity index (χ4v) is 4.96. The molecule has 3 rings (SSSR count). The molecule has 0 bridgehead atoms. The molecule has 0 fully saturated rings. The molecule has 1 heterocycles. The molecule has 1 atom stereocenters. The van der Waals surface area contributed by atoms with Crippen LogP contribution in [0.4, 0.5) is 0 Å². The number of nitrogens with one attached hydrogen (secondary N) is 1. The van der Waals surface area contributed by atoms with E-state index in [-0.39, 0.29) is 11.8 Å². The summed E-state index contributed by atoms with van der Waals surface area (Å²) in [6, 6.07) is 7.60. The molecule has 1 aliphatic heterocycles. The lowest BCUT2D eigenvalue weighted by atomic mass is 9.97. The van der Waals surface area contributed by atoms with Gasteiger partial charge in [0.05, 0.1) is 10.6 Å². The first-order valence-corrected chi connectivity index (χ1v) is 9.55. The van der Waals surface area contributed by atoms with E-state index in [2.05, 4.69) is 11.4 Å². The van der Waals surface area contributed by atoms with Gasteiger partial charge in [-0.15, -0.1) is 0 Å². The standard InChI is InChI=1S/C17H23NO2S/c19-21(20)13-11-16(15-8-4-5-9-17(15)21)18-12-10-14-6-2-1-3-7-14/h4-6,8-9,16,18H,1-3,7,10-13H2. The molecule has 4 heteroatoms. The van der Waals surface area contributed by atoms with Gasteiger partial charge in [-0.1, -0.05) is 29.8 Å². The Morgan fingerprint density at radius 3 is 2.86 bits per heavy atom. The van der Waals surface area contributed by atoms with Gasteiger partial charge >= 0.3 is 0 Å². The Hall–Kier alpha value is -1.13. The maximum atomic E-state index is 12.1. The number of hydrogen-bond donors (Lipinski definition) is 1. The van der Waals surface area contributed by atoms with Crippen molar-refractivity contribution in [3.63, 3.8) is 0 Å². The Balaban J connectivity index is 1.65. The van der Waals surface area contributed by atoms with Crippen molar-refractivity contribution in [1.29, 1.82) is 0 Å². The lowest BCUT2D eigenvalue weighted by molar-refractivity contribution is 0.490. The molecule has 2 aliphatic rings. The van der Waals surface area contributed by atoms with E-state index >= 15 is 0 Å². The predicted molar refractivity (Wildman–Crippen MR) is 85.0 cm³/mol. The highest BCUT2D eigenvalue weighted by atomic mass is 32.2. The van der Waals surface area contributed by atoms with Crippen LogP contribution < -0.4 is 5.32 Å². The zero-order chi connectivity index (χ0) is 14.7. The number of hydrogen-bond acceptors (Lipinski definition) is 3. The van der Waals surface area contributed by atoms with Crippen molar-refractivity contribution >= 4 is 9.84 Å².